The van der Waals surface area contributed by atoms with Crippen LogP contribution in [0.25, 0.3) is 11.0 Å². The number of nitrogens with one attached hydrogen (secondary N) is 2. The molecule has 216 valence electrons. The molecule has 2 N–H and O–H groups in total. The Morgan fingerprint density at radius 3 is 2.51 bits per heavy atom. The number of likely N-dealkylation sites (N-methyl/N-ethyl adjacent to an activating group) is 1. The Kier molecular flexibility index (Phi) is 8.54. The van der Waals surface area contributed by atoms with Crippen LogP contribution in [-0.4, -0.2) is 91.8 Å². The maximum Gasteiger partial charge on any atom is 0.232 e. The van der Waals surface area contributed by atoms with Crippen LogP contribution in [0.4, 0.5) is 28.8 Å². The molecule has 1 aliphatic heterocycles. The summed E-state index contributed by atoms with van der Waals surface area (Å²) >= 11 is 3.51. The molecule has 0 saturated carbocycles. The molecule has 1 aliphatic rings. The third kappa shape index (κ3) is 6.67. The SMILES string of the molecule is COc1ccc(CN2CCN(C)CC2)cc1Nc1ncc(Br)c(Nc2ccc3nccnc3c2N(C)S(C)(=O)=O)n1. The Morgan fingerprint density at radius 2 is 1.78 bits per heavy atom. The Hall–Kier alpha value is -3.59. The van der Waals surface area contributed by atoms with Gasteiger partial charge in [-0.05, 0) is 52.8 Å². The van der Waals surface area contributed by atoms with Crippen molar-refractivity contribution in [2.75, 3.05) is 68.6 Å². The second-order valence-electron chi connectivity index (χ2n) is 9.87. The molecule has 12 nitrogen and oxygen atoms in total. The summed E-state index contributed by atoms with van der Waals surface area (Å²) in [5, 5.41) is 6.55. The molecule has 1 saturated heterocycles. The van der Waals surface area contributed by atoms with Crippen molar-refractivity contribution in [2.24, 2.45) is 0 Å². The average molecular weight is 643 g/mol. The van der Waals surface area contributed by atoms with Crippen molar-refractivity contribution in [1.29, 1.82) is 0 Å². The highest BCUT2D eigenvalue weighted by molar-refractivity contribution is 9.10. The van der Waals surface area contributed by atoms with Crippen LogP contribution in [-0.2, 0) is 16.6 Å². The fourth-order valence-electron chi connectivity index (χ4n) is 4.59. The lowest BCUT2D eigenvalue weighted by molar-refractivity contribution is 0.148. The third-order valence-electron chi connectivity index (χ3n) is 6.94. The number of rotatable bonds is 9. The van der Waals surface area contributed by atoms with Gasteiger partial charge in [-0.15, -0.1) is 0 Å². The molecular formula is C27H32BrN9O3S. The van der Waals surface area contributed by atoms with Gasteiger partial charge in [-0.3, -0.25) is 19.2 Å². The highest BCUT2D eigenvalue weighted by Crippen LogP contribution is 2.37. The maximum absolute atomic E-state index is 12.5. The zero-order valence-electron chi connectivity index (χ0n) is 23.3. The van der Waals surface area contributed by atoms with Gasteiger partial charge >= 0.3 is 0 Å². The second-order valence-corrected chi connectivity index (χ2v) is 12.7. The van der Waals surface area contributed by atoms with Crippen molar-refractivity contribution in [3.63, 3.8) is 0 Å². The van der Waals surface area contributed by atoms with E-state index >= 15 is 0 Å². The van der Waals surface area contributed by atoms with Crippen LogP contribution in [0.1, 0.15) is 5.56 Å². The number of fused-ring (bicyclic) bond motifs is 1. The quantitative estimate of drug-likeness (QED) is 0.277. The highest BCUT2D eigenvalue weighted by atomic mass is 79.9. The summed E-state index contributed by atoms with van der Waals surface area (Å²) in [6.45, 7) is 4.98. The summed E-state index contributed by atoms with van der Waals surface area (Å²) in [6, 6.07) is 9.59. The predicted molar refractivity (Wildman–Crippen MR) is 165 cm³/mol. The van der Waals surface area contributed by atoms with Crippen molar-refractivity contribution >= 4 is 65.8 Å². The van der Waals surface area contributed by atoms with Gasteiger partial charge in [0.05, 0.1) is 34.7 Å². The molecule has 0 amide bonds. The Bertz CT molecular complexity index is 1660. The number of aromatic nitrogens is 4. The van der Waals surface area contributed by atoms with E-state index in [2.05, 4.69) is 75.5 Å². The number of nitrogens with zero attached hydrogens (tertiary/aromatic N) is 7. The van der Waals surface area contributed by atoms with Gasteiger partial charge in [0.15, 0.2) is 0 Å². The van der Waals surface area contributed by atoms with Gasteiger partial charge in [0.2, 0.25) is 16.0 Å². The molecule has 0 unspecified atom stereocenters. The maximum atomic E-state index is 12.5. The van der Waals surface area contributed by atoms with E-state index in [1.165, 1.54) is 17.5 Å². The number of ether oxygens (including phenoxy) is 1. The normalized spacial score (nSPS) is 14.7. The molecule has 14 heteroatoms. The minimum atomic E-state index is -3.60. The van der Waals surface area contributed by atoms with E-state index < -0.39 is 10.0 Å². The summed E-state index contributed by atoms with van der Waals surface area (Å²) in [5.41, 5.74) is 3.75. The molecule has 0 atom stereocenters. The molecule has 1 fully saturated rings. The number of halogens is 1. The fraction of sp³-hybridized carbons (Fsp3) is 0.333. The topological polar surface area (TPSA) is 129 Å². The van der Waals surface area contributed by atoms with Gasteiger partial charge in [0, 0.05) is 58.4 Å². The summed E-state index contributed by atoms with van der Waals surface area (Å²) in [6.07, 6.45) is 5.85. The van der Waals surface area contributed by atoms with Gasteiger partial charge in [-0.25, -0.2) is 13.4 Å². The summed E-state index contributed by atoms with van der Waals surface area (Å²) < 4.78 is 32.4. The lowest BCUT2D eigenvalue weighted by Crippen LogP contribution is -2.43. The van der Waals surface area contributed by atoms with Gasteiger partial charge in [0.1, 0.15) is 22.8 Å². The van der Waals surface area contributed by atoms with Gasteiger partial charge in [-0.2, -0.15) is 4.98 Å². The zero-order valence-corrected chi connectivity index (χ0v) is 25.7. The summed E-state index contributed by atoms with van der Waals surface area (Å²) in [7, 11) is 1.65. The first-order valence-electron chi connectivity index (χ1n) is 12.9. The minimum Gasteiger partial charge on any atom is -0.495 e. The van der Waals surface area contributed by atoms with Gasteiger partial charge in [0.25, 0.3) is 0 Å². The van der Waals surface area contributed by atoms with E-state index in [4.69, 9.17) is 4.74 Å². The van der Waals surface area contributed by atoms with E-state index in [-0.39, 0.29) is 0 Å². The Labute approximate surface area is 248 Å². The minimum absolute atomic E-state index is 0.337. The molecule has 4 aromatic rings. The number of methoxy groups -OCH3 is 1. The number of anilines is 5. The molecule has 41 heavy (non-hydrogen) atoms. The van der Waals surface area contributed by atoms with Crippen molar-refractivity contribution in [3.05, 3.63) is 59.0 Å². The molecule has 2 aromatic carbocycles. The van der Waals surface area contributed by atoms with E-state index in [0.29, 0.717) is 44.4 Å². The van der Waals surface area contributed by atoms with Crippen molar-refractivity contribution in [1.82, 2.24) is 29.7 Å². The number of piperazine rings is 1. The Morgan fingerprint density at radius 1 is 1.02 bits per heavy atom. The lowest BCUT2D eigenvalue weighted by Gasteiger charge is -2.32. The number of hydrogen-bond acceptors (Lipinski definition) is 11. The van der Waals surface area contributed by atoms with Crippen LogP contribution in [0, 0.1) is 0 Å². The largest absolute Gasteiger partial charge is 0.495 e. The summed E-state index contributed by atoms with van der Waals surface area (Å²) in [4.78, 5) is 22.6. The molecule has 5 rings (SSSR count). The molecule has 2 aromatic heterocycles. The number of sulfonamides is 1. The average Bonchev–Trinajstić information content (AvgIpc) is 2.95. The molecule has 0 aliphatic carbocycles. The van der Waals surface area contributed by atoms with Crippen molar-refractivity contribution in [2.45, 2.75) is 6.54 Å². The number of benzene rings is 2. The first kappa shape index (κ1) is 28.9. The standard InChI is InChI=1S/C27H32BrN9O3S/c1-35-11-13-37(14-12-35)17-18-5-8-23(40-3)22(15-18)33-27-31-16-19(28)26(34-27)32-21-7-6-20-24(30-10-9-29-20)25(21)36(2)41(4,38)39/h5-10,15-16H,11-14,17H2,1-4H3,(H2,31,32,33,34). The monoisotopic (exact) mass is 641 g/mol. The number of hydrogen-bond donors (Lipinski definition) is 2. The van der Waals surface area contributed by atoms with E-state index in [9.17, 15) is 8.42 Å². The van der Waals surface area contributed by atoms with Crippen LogP contribution in [0.15, 0.2) is 53.4 Å². The molecule has 0 radical (unpaired) electrons. The first-order valence-corrected chi connectivity index (χ1v) is 15.6. The van der Waals surface area contributed by atoms with Crippen LogP contribution in [0.5, 0.6) is 5.75 Å². The molecule has 3 heterocycles. The van der Waals surface area contributed by atoms with Crippen molar-refractivity contribution in [3.8, 4) is 5.75 Å². The summed E-state index contributed by atoms with van der Waals surface area (Å²) in [5.74, 6) is 1.43. The van der Waals surface area contributed by atoms with E-state index in [1.807, 2.05) is 6.07 Å². The molecular weight excluding hydrogens is 610 g/mol. The van der Waals surface area contributed by atoms with Crippen LogP contribution >= 0.6 is 15.9 Å². The fourth-order valence-corrected chi connectivity index (χ4v) is 5.39. The van der Waals surface area contributed by atoms with E-state index in [0.717, 1.165) is 50.2 Å². The third-order valence-corrected chi connectivity index (χ3v) is 8.69. The highest BCUT2D eigenvalue weighted by Gasteiger charge is 2.22. The first-order chi connectivity index (χ1) is 19.6. The molecule has 0 spiro atoms. The molecule has 0 bridgehead atoms. The van der Waals surface area contributed by atoms with Crippen LogP contribution in [0.3, 0.4) is 0 Å². The van der Waals surface area contributed by atoms with Gasteiger partial charge in [-0.1, -0.05) is 6.07 Å². The van der Waals surface area contributed by atoms with Crippen LogP contribution in [0.2, 0.25) is 0 Å². The zero-order chi connectivity index (χ0) is 29.1. The Balaban J connectivity index is 1.44. The van der Waals surface area contributed by atoms with Crippen molar-refractivity contribution < 1.29 is 13.2 Å². The second kappa shape index (κ2) is 12.1. The predicted octanol–water partition coefficient (Wildman–Crippen LogP) is 3.82. The van der Waals surface area contributed by atoms with Crippen LogP contribution < -0.4 is 19.7 Å². The lowest BCUT2D eigenvalue weighted by atomic mass is 10.1. The smallest absolute Gasteiger partial charge is 0.232 e. The van der Waals surface area contributed by atoms with E-state index in [1.54, 1.807) is 31.6 Å². The van der Waals surface area contributed by atoms with Gasteiger partial charge < -0.3 is 20.3 Å².